The molecule has 3 rings (SSSR count). The maximum absolute atomic E-state index is 12.7. The lowest BCUT2D eigenvalue weighted by molar-refractivity contribution is -0.150. The molecule has 0 aromatic heterocycles. The van der Waals surface area contributed by atoms with E-state index in [1.165, 1.54) is 0 Å². The average Bonchev–Trinajstić information content (AvgIpc) is 3.34. The lowest BCUT2D eigenvalue weighted by atomic mass is 10.0. The summed E-state index contributed by atoms with van der Waals surface area (Å²) in [5.74, 6) is -2.18. The maximum Gasteiger partial charge on any atom is 0.329 e. The number of para-hydroxylation sites is 1. The summed E-state index contributed by atoms with van der Waals surface area (Å²) in [6.45, 7) is 3.01. The van der Waals surface area contributed by atoms with Crippen molar-refractivity contribution in [2.24, 2.45) is 5.92 Å². The molecule has 1 aliphatic rings. The summed E-state index contributed by atoms with van der Waals surface area (Å²) in [7, 11) is 0. The van der Waals surface area contributed by atoms with E-state index >= 15 is 0 Å². The van der Waals surface area contributed by atoms with Gasteiger partial charge in [-0.15, -0.1) is 0 Å². The number of benzene rings is 2. The lowest BCUT2D eigenvalue weighted by Crippen LogP contribution is -2.46. The number of esters is 1. The molecule has 1 saturated carbocycles. The van der Waals surface area contributed by atoms with E-state index in [0.29, 0.717) is 16.8 Å². The van der Waals surface area contributed by atoms with E-state index in [-0.39, 0.29) is 17.9 Å². The number of hydrogen-bond acceptors (Lipinski definition) is 5. The van der Waals surface area contributed by atoms with Crippen LogP contribution >= 0.6 is 0 Å². The molecule has 1 atom stereocenters. The smallest absolute Gasteiger partial charge is 0.329 e. The first-order valence-corrected chi connectivity index (χ1v) is 11.6. The van der Waals surface area contributed by atoms with Crippen molar-refractivity contribution >= 4 is 29.4 Å². The summed E-state index contributed by atoms with van der Waals surface area (Å²) in [5.41, 5.74) is 1.12. The van der Waals surface area contributed by atoms with Crippen molar-refractivity contribution in [1.29, 1.82) is 0 Å². The van der Waals surface area contributed by atoms with Crippen molar-refractivity contribution in [3.63, 3.8) is 0 Å². The number of nitrogens with one attached hydrogen (secondary N) is 3. The first-order valence-electron chi connectivity index (χ1n) is 11.6. The molecule has 1 aliphatic carbocycles. The predicted octanol–water partition coefficient (Wildman–Crippen LogP) is 3.30. The Labute approximate surface area is 199 Å². The summed E-state index contributed by atoms with van der Waals surface area (Å²) in [5, 5.41) is 8.31. The van der Waals surface area contributed by atoms with Crippen LogP contribution < -0.4 is 16.0 Å². The first-order chi connectivity index (χ1) is 16.3. The molecule has 3 amide bonds. The third-order valence-corrected chi connectivity index (χ3v) is 5.72. The second-order valence-electron chi connectivity index (χ2n) is 8.72. The van der Waals surface area contributed by atoms with Gasteiger partial charge in [-0.1, -0.05) is 57.0 Å². The van der Waals surface area contributed by atoms with E-state index in [4.69, 9.17) is 4.74 Å². The van der Waals surface area contributed by atoms with Gasteiger partial charge in [-0.25, -0.2) is 4.79 Å². The van der Waals surface area contributed by atoms with Crippen LogP contribution in [0.25, 0.3) is 0 Å². The highest BCUT2D eigenvalue weighted by atomic mass is 16.5. The summed E-state index contributed by atoms with van der Waals surface area (Å²) < 4.78 is 5.18. The van der Waals surface area contributed by atoms with E-state index in [1.54, 1.807) is 68.4 Å². The molecule has 0 radical (unpaired) electrons. The van der Waals surface area contributed by atoms with Crippen LogP contribution in [-0.4, -0.2) is 42.4 Å². The number of amides is 3. The summed E-state index contributed by atoms with van der Waals surface area (Å²) in [4.78, 5) is 50.2. The fourth-order valence-corrected chi connectivity index (χ4v) is 3.85. The topological polar surface area (TPSA) is 114 Å². The zero-order valence-corrected chi connectivity index (χ0v) is 19.5. The Hall–Kier alpha value is -3.68. The van der Waals surface area contributed by atoms with E-state index in [9.17, 15) is 19.2 Å². The van der Waals surface area contributed by atoms with Crippen LogP contribution in [0.4, 0.5) is 5.69 Å². The average molecular weight is 466 g/mol. The fourth-order valence-electron chi connectivity index (χ4n) is 3.85. The van der Waals surface area contributed by atoms with Gasteiger partial charge in [0.15, 0.2) is 6.61 Å². The molecule has 0 aliphatic heterocycles. The number of hydrogen-bond donors (Lipinski definition) is 3. The Morgan fingerprint density at radius 1 is 0.912 bits per heavy atom. The molecule has 8 heteroatoms. The van der Waals surface area contributed by atoms with Crippen molar-refractivity contribution < 1.29 is 23.9 Å². The summed E-state index contributed by atoms with van der Waals surface area (Å²) in [6, 6.07) is 14.5. The molecule has 180 valence electrons. The molecule has 1 fully saturated rings. The summed E-state index contributed by atoms with van der Waals surface area (Å²) >= 11 is 0. The van der Waals surface area contributed by atoms with Crippen LogP contribution in [0.3, 0.4) is 0 Å². The Balaban J connectivity index is 1.56. The molecular formula is C26H31N3O5. The van der Waals surface area contributed by atoms with Crippen molar-refractivity contribution in [3.8, 4) is 0 Å². The van der Waals surface area contributed by atoms with Crippen molar-refractivity contribution in [3.05, 3.63) is 65.7 Å². The van der Waals surface area contributed by atoms with E-state index in [2.05, 4.69) is 16.0 Å². The Bertz CT molecular complexity index is 1020. The zero-order chi connectivity index (χ0) is 24.5. The molecule has 0 spiro atoms. The van der Waals surface area contributed by atoms with Gasteiger partial charge in [-0.05, 0) is 43.0 Å². The molecule has 0 unspecified atom stereocenters. The zero-order valence-electron chi connectivity index (χ0n) is 19.5. The summed E-state index contributed by atoms with van der Waals surface area (Å²) in [6.07, 6.45) is 4.10. The fraction of sp³-hybridized carbons (Fsp3) is 0.385. The monoisotopic (exact) mass is 465 g/mol. The van der Waals surface area contributed by atoms with E-state index < -0.39 is 30.4 Å². The van der Waals surface area contributed by atoms with Crippen LogP contribution in [0, 0.1) is 5.92 Å². The van der Waals surface area contributed by atoms with Crippen LogP contribution in [-0.2, 0) is 14.3 Å². The molecule has 34 heavy (non-hydrogen) atoms. The number of carbonyl (C=O) groups is 4. The van der Waals surface area contributed by atoms with Gasteiger partial charge in [0.1, 0.15) is 6.04 Å². The predicted molar refractivity (Wildman–Crippen MR) is 128 cm³/mol. The minimum Gasteiger partial charge on any atom is -0.454 e. The van der Waals surface area contributed by atoms with Crippen LogP contribution in [0.5, 0.6) is 0 Å². The molecule has 3 N–H and O–H groups in total. The van der Waals surface area contributed by atoms with Gasteiger partial charge in [-0.2, -0.15) is 0 Å². The number of ether oxygens (including phenoxy) is 1. The third-order valence-electron chi connectivity index (χ3n) is 5.72. The normalized spacial score (nSPS) is 14.3. The molecule has 0 bridgehead atoms. The van der Waals surface area contributed by atoms with Crippen molar-refractivity contribution in [2.45, 2.75) is 51.6 Å². The number of carbonyl (C=O) groups excluding carboxylic acids is 4. The largest absolute Gasteiger partial charge is 0.454 e. The Morgan fingerprint density at radius 2 is 1.56 bits per heavy atom. The van der Waals surface area contributed by atoms with Gasteiger partial charge in [0.25, 0.3) is 17.7 Å². The lowest BCUT2D eigenvalue weighted by Gasteiger charge is -2.21. The SMILES string of the molecule is CC(C)[C@H](NC(=O)c1ccccc1)C(=O)OCC(=O)Nc1ccccc1C(=O)NC1CCCC1. The second kappa shape index (κ2) is 12.0. The highest BCUT2D eigenvalue weighted by molar-refractivity contribution is 6.04. The van der Waals surface area contributed by atoms with Crippen LogP contribution in [0.15, 0.2) is 54.6 Å². The first kappa shape index (κ1) is 25.0. The second-order valence-corrected chi connectivity index (χ2v) is 8.72. The van der Waals surface area contributed by atoms with Gasteiger partial charge in [-0.3, -0.25) is 14.4 Å². The minimum absolute atomic E-state index is 0.149. The molecule has 2 aromatic carbocycles. The molecule has 2 aromatic rings. The number of rotatable bonds is 9. The van der Waals surface area contributed by atoms with Gasteiger partial charge in [0, 0.05) is 11.6 Å². The third kappa shape index (κ3) is 6.91. The van der Waals surface area contributed by atoms with Crippen LogP contribution in [0.1, 0.15) is 60.2 Å². The molecule has 0 saturated heterocycles. The van der Waals surface area contributed by atoms with Crippen molar-refractivity contribution in [1.82, 2.24) is 10.6 Å². The number of anilines is 1. The van der Waals surface area contributed by atoms with Gasteiger partial charge >= 0.3 is 5.97 Å². The van der Waals surface area contributed by atoms with Gasteiger partial charge < -0.3 is 20.7 Å². The van der Waals surface area contributed by atoms with Crippen molar-refractivity contribution in [2.75, 3.05) is 11.9 Å². The maximum atomic E-state index is 12.7. The molecular weight excluding hydrogens is 434 g/mol. The van der Waals surface area contributed by atoms with Gasteiger partial charge in [0.2, 0.25) is 0 Å². The standard InChI is InChI=1S/C26H31N3O5/c1-17(2)23(29-24(31)18-10-4-3-5-11-18)26(33)34-16-22(30)28-21-15-9-8-14-20(21)25(32)27-19-12-6-7-13-19/h3-5,8-11,14-15,17,19,23H,6-7,12-13,16H2,1-2H3,(H,27,32)(H,28,30)(H,29,31)/t23-/m0/s1. The quantitative estimate of drug-likeness (QED) is 0.492. The van der Waals surface area contributed by atoms with Crippen LogP contribution in [0.2, 0.25) is 0 Å². The highest BCUT2D eigenvalue weighted by Crippen LogP contribution is 2.20. The minimum atomic E-state index is -0.912. The van der Waals surface area contributed by atoms with Gasteiger partial charge in [0.05, 0.1) is 11.3 Å². The van der Waals surface area contributed by atoms with E-state index in [0.717, 1.165) is 25.7 Å². The Morgan fingerprint density at radius 3 is 2.24 bits per heavy atom. The molecule has 0 heterocycles. The Kier molecular flexibility index (Phi) is 8.79. The highest BCUT2D eigenvalue weighted by Gasteiger charge is 2.27. The molecule has 8 nitrogen and oxygen atoms in total. The van der Waals surface area contributed by atoms with E-state index in [1.807, 2.05) is 0 Å².